The summed E-state index contributed by atoms with van der Waals surface area (Å²) >= 11 is 5.21. The van der Waals surface area contributed by atoms with Gasteiger partial charge in [-0.25, -0.2) is 4.79 Å². The molecule has 0 aromatic heterocycles. The number of hydrogen-bond acceptors (Lipinski definition) is 5. The monoisotopic (exact) mass is 400 g/mol. The average Bonchev–Trinajstić information content (AvgIpc) is 2.68. The minimum atomic E-state index is -0.420. The number of amides is 1. The first-order chi connectivity index (χ1) is 13.4. The van der Waals surface area contributed by atoms with Crippen LogP contribution in [0, 0.1) is 5.92 Å². The topological polar surface area (TPSA) is 76.7 Å². The zero-order valence-electron chi connectivity index (χ0n) is 16.2. The van der Waals surface area contributed by atoms with Crippen LogP contribution in [0.1, 0.15) is 41.0 Å². The molecular weight excluding hydrogens is 376 g/mol. The maximum absolute atomic E-state index is 12.6. The van der Waals surface area contributed by atoms with Crippen molar-refractivity contribution in [1.29, 1.82) is 0 Å². The Balaban J connectivity index is 1.97. The Morgan fingerprint density at radius 2 is 1.75 bits per heavy atom. The highest BCUT2D eigenvalue weighted by Crippen LogP contribution is 2.19. The van der Waals surface area contributed by atoms with E-state index in [9.17, 15) is 9.59 Å². The highest BCUT2D eigenvalue weighted by atomic mass is 32.1. The number of nitrogens with one attached hydrogen (secondary N) is 2. The van der Waals surface area contributed by atoms with Crippen LogP contribution >= 0.6 is 12.2 Å². The van der Waals surface area contributed by atoms with Gasteiger partial charge in [-0.15, -0.1) is 0 Å². The summed E-state index contributed by atoms with van der Waals surface area (Å²) < 4.78 is 10.4. The lowest BCUT2D eigenvalue weighted by Crippen LogP contribution is -2.34. The molecule has 0 bridgehead atoms. The largest absolute Gasteiger partial charge is 0.493 e. The average molecular weight is 401 g/mol. The summed E-state index contributed by atoms with van der Waals surface area (Å²) in [4.78, 5) is 24.0. The predicted molar refractivity (Wildman–Crippen MR) is 113 cm³/mol. The fourth-order valence-electron chi connectivity index (χ4n) is 2.32. The molecule has 2 rings (SSSR count). The zero-order valence-corrected chi connectivity index (χ0v) is 17.0. The molecule has 0 fully saturated rings. The van der Waals surface area contributed by atoms with Gasteiger partial charge in [0.25, 0.3) is 5.91 Å². The minimum Gasteiger partial charge on any atom is -0.493 e. The SMILES string of the molecule is COC(=O)c1ccc(NC(=S)NC(=O)c2ccccc2OCCC(C)C)cc1. The quantitative estimate of drug-likeness (QED) is 0.540. The molecule has 0 saturated heterocycles. The number of rotatable bonds is 7. The Morgan fingerprint density at radius 3 is 2.39 bits per heavy atom. The van der Waals surface area contributed by atoms with Crippen LogP contribution in [0.25, 0.3) is 0 Å². The van der Waals surface area contributed by atoms with Gasteiger partial charge in [-0.05, 0) is 61.0 Å². The van der Waals surface area contributed by atoms with Crippen molar-refractivity contribution < 1.29 is 19.1 Å². The number of ether oxygens (including phenoxy) is 2. The van der Waals surface area contributed by atoms with Crippen molar-refractivity contribution in [2.75, 3.05) is 19.0 Å². The molecule has 0 saturated carbocycles. The van der Waals surface area contributed by atoms with E-state index in [1.54, 1.807) is 42.5 Å². The van der Waals surface area contributed by atoms with Gasteiger partial charge in [0.05, 0.1) is 24.8 Å². The summed E-state index contributed by atoms with van der Waals surface area (Å²) in [5, 5.41) is 5.70. The van der Waals surface area contributed by atoms with E-state index >= 15 is 0 Å². The van der Waals surface area contributed by atoms with E-state index in [1.165, 1.54) is 7.11 Å². The predicted octanol–water partition coefficient (Wildman–Crippen LogP) is 4.02. The fraction of sp³-hybridized carbons (Fsp3) is 0.286. The number of thiocarbonyl (C=S) groups is 1. The number of carbonyl (C=O) groups is 2. The fourth-order valence-corrected chi connectivity index (χ4v) is 2.54. The van der Waals surface area contributed by atoms with Gasteiger partial charge in [0.15, 0.2) is 5.11 Å². The molecule has 2 aromatic rings. The van der Waals surface area contributed by atoms with E-state index in [4.69, 9.17) is 17.0 Å². The lowest BCUT2D eigenvalue weighted by molar-refractivity contribution is 0.0600. The molecule has 0 aliphatic heterocycles. The third kappa shape index (κ3) is 6.35. The number of anilines is 1. The second-order valence-electron chi connectivity index (χ2n) is 6.50. The third-order valence-corrected chi connectivity index (χ3v) is 4.08. The summed E-state index contributed by atoms with van der Waals surface area (Å²) in [6.07, 6.45) is 0.900. The molecule has 0 atom stereocenters. The third-order valence-electron chi connectivity index (χ3n) is 3.88. The smallest absolute Gasteiger partial charge is 0.337 e. The first kappa shape index (κ1) is 21.4. The van der Waals surface area contributed by atoms with Crippen LogP contribution in [0.3, 0.4) is 0 Å². The molecule has 0 aliphatic rings. The molecule has 2 N–H and O–H groups in total. The minimum absolute atomic E-state index is 0.146. The number of methoxy groups -OCH3 is 1. The highest BCUT2D eigenvalue weighted by Gasteiger charge is 2.14. The van der Waals surface area contributed by atoms with E-state index < -0.39 is 5.97 Å². The molecule has 1 amide bonds. The molecule has 0 heterocycles. The molecule has 6 nitrogen and oxygen atoms in total. The maximum atomic E-state index is 12.6. The van der Waals surface area contributed by atoms with Crippen LogP contribution in [-0.2, 0) is 4.74 Å². The maximum Gasteiger partial charge on any atom is 0.337 e. The lowest BCUT2D eigenvalue weighted by Gasteiger charge is -2.14. The molecule has 2 aromatic carbocycles. The Kier molecular flexibility index (Phi) is 7.95. The van der Waals surface area contributed by atoms with Crippen molar-refractivity contribution in [3.05, 3.63) is 59.7 Å². The number of para-hydroxylation sites is 1. The summed E-state index contributed by atoms with van der Waals surface area (Å²) in [6.45, 7) is 4.77. The number of benzene rings is 2. The molecule has 0 aliphatic carbocycles. The van der Waals surface area contributed by atoms with Crippen molar-refractivity contribution >= 4 is 34.9 Å². The molecule has 0 radical (unpaired) electrons. The van der Waals surface area contributed by atoms with Crippen molar-refractivity contribution in [2.45, 2.75) is 20.3 Å². The van der Waals surface area contributed by atoms with Gasteiger partial charge < -0.3 is 14.8 Å². The summed E-state index contributed by atoms with van der Waals surface area (Å²) in [6, 6.07) is 13.6. The molecule has 0 spiro atoms. The van der Waals surface area contributed by atoms with E-state index in [-0.39, 0.29) is 11.0 Å². The van der Waals surface area contributed by atoms with Crippen LogP contribution in [-0.4, -0.2) is 30.7 Å². The van der Waals surface area contributed by atoms with Crippen LogP contribution in [0.4, 0.5) is 5.69 Å². The molecular formula is C21H24N2O4S. The van der Waals surface area contributed by atoms with Crippen LogP contribution in [0.2, 0.25) is 0 Å². The van der Waals surface area contributed by atoms with Gasteiger partial charge in [-0.3, -0.25) is 10.1 Å². The molecule has 28 heavy (non-hydrogen) atoms. The van der Waals surface area contributed by atoms with Crippen molar-refractivity contribution in [2.24, 2.45) is 5.92 Å². The van der Waals surface area contributed by atoms with Crippen molar-refractivity contribution in [3.63, 3.8) is 0 Å². The normalized spacial score (nSPS) is 10.3. The Bertz CT molecular complexity index is 835. The molecule has 7 heteroatoms. The molecule has 148 valence electrons. The second-order valence-corrected chi connectivity index (χ2v) is 6.91. The van der Waals surface area contributed by atoms with Gasteiger partial charge in [-0.1, -0.05) is 26.0 Å². The summed E-state index contributed by atoms with van der Waals surface area (Å²) in [7, 11) is 1.32. The molecule has 0 unspecified atom stereocenters. The highest BCUT2D eigenvalue weighted by molar-refractivity contribution is 7.80. The summed E-state index contributed by atoms with van der Waals surface area (Å²) in [5.41, 5.74) is 1.48. The first-order valence-electron chi connectivity index (χ1n) is 8.93. The van der Waals surface area contributed by atoms with Gasteiger partial charge >= 0.3 is 5.97 Å². The number of hydrogen-bond donors (Lipinski definition) is 2. The number of esters is 1. The number of carbonyl (C=O) groups excluding carboxylic acids is 2. The van der Waals surface area contributed by atoms with Gasteiger partial charge in [0.2, 0.25) is 0 Å². The summed E-state index contributed by atoms with van der Waals surface area (Å²) in [5.74, 6) is 0.259. The van der Waals surface area contributed by atoms with Crippen molar-refractivity contribution in [3.8, 4) is 5.75 Å². The van der Waals surface area contributed by atoms with E-state index in [0.29, 0.717) is 35.1 Å². The van der Waals surface area contributed by atoms with Gasteiger partial charge in [-0.2, -0.15) is 0 Å². The van der Waals surface area contributed by atoms with Crippen molar-refractivity contribution in [1.82, 2.24) is 5.32 Å². The van der Waals surface area contributed by atoms with E-state index in [1.807, 2.05) is 6.07 Å². The van der Waals surface area contributed by atoms with Gasteiger partial charge in [0.1, 0.15) is 5.75 Å². The standard InChI is InChI=1S/C21H24N2O4S/c1-14(2)12-13-27-18-7-5-4-6-17(18)19(24)23-21(28)22-16-10-8-15(9-11-16)20(25)26-3/h4-11,14H,12-13H2,1-3H3,(H2,22,23,24,28). The van der Waals surface area contributed by atoms with Crippen LogP contribution in [0.5, 0.6) is 5.75 Å². The van der Waals surface area contributed by atoms with E-state index in [2.05, 4.69) is 29.2 Å². The second kappa shape index (κ2) is 10.4. The van der Waals surface area contributed by atoms with Crippen LogP contribution in [0.15, 0.2) is 48.5 Å². The zero-order chi connectivity index (χ0) is 20.5. The Hall–Kier alpha value is -2.93. The van der Waals surface area contributed by atoms with Crippen LogP contribution < -0.4 is 15.4 Å². The first-order valence-corrected chi connectivity index (χ1v) is 9.34. The Morgan fingerprint density at radius 1 is 1.07 bits per heavy atom. The van der Waals surface area contributed by atoms with Gasteiger partial charge in [0, 0.05) is 5.69 Å². The Labute approximate surface area is 170 Å². The van der Waals surface area contributed by atoms with E-state index in [0.717, 1.165) is 6.42 Å². The lowest BCUT2D eigenvalue weighted by atomic mass is 10.1.